The second-order valence-corrected chi connectivity index (χ2v) is 19.3. The number of carbonyl (C=O) groups is 10. The maximum atomic E-state index is 14.2. The molecule has 0 aliphatic carbocycles. The van der Waals surface area contributed by atoms with E-state index in [2.05, 4.69) is 37.2 Å². The fourth-order valence-electron chi connectivity index (χ4n) is 7.22. The molecule has 0 aromatic carbocycles. The van der Waals surface area contributed by atoms with Gasteiger partial charge in [-0.1, -0.05) is 68.2 Å². The lowest BCUT2D eigenvalue weighted by Gasteiger charge is -2.32. The van der Waals surface area contributed by atoms with Gasteiger partial charge < -0.3 is 68.9 Å². The smallest absolute Gasteiger partial charge is 0.326 e. The molecule has 1 fully saturated rings. The Labute approximate surface area is 403 Å². The molecular formula is C44H78N10O13S. The molecule has 0 unspecified atom stereocenters. The average molecular weight is 987 g/mol. The van der Waals surface area contributed by atoms with Crippen LogP contribution in [0.1, 0.15) is 107 Å². The van der Waals surface area contributed by atoms with Crippen LogP contribution >= 0.6 is 11.8 Å². The Kier molecular flexibility index (Phi) is 26.7. The second kappa shape index (κ2) is 29.7. The molecule has 23 nitrogen and oxygen atoms in total. The van der Waals surface area contributed by atoms with E-state index >= 15 is 0 Å². The van der Waals surface area contributed by atoms with Crippen molar-refractivity contribution in [1.29, 1.82) is 0 Å². The summed E-state index contributed by atoms with van der Waals surface area (Å²) < 4.78 is 0. The van der Waals surface area contributed by atoms with Crippen molar-refractivity contribution in [3.05, 3.63) is 0 Å². The first kappa shape index (κ1) is 60.9. The molecule has 388 valence electrons. The molecule has 1 aliphatic heterocycles. The number of aliphatic hydroxyl groups is 2. The number of nitrogens with two attached hydrogens (primary N) is 2. The molecule has 1 heterocycles. The van der Waals surface area contributed by atoms with Crippen LogP contribution in [-0.4, -0.2) is 165 Å². The minimum absolute atomic E-state index is 0.0229. The molecule has 0 aromatic heterocycles. The third-order valence-electron chi connectivity index (χ3n) is 11.9. The lowest BCUT2D eigenvalue weighted by molar-refractivity contribution is -0.144. The average Bonchev–Trinajstić information content (AvgIpc) is 3.77. The minimum Gasteiger partial charge on any atom is -0.480 e. The van der Waals surface area contributed by atoms with Gasteiger partial charge in [-0.3, -0.25) is 43.2 Å². The number of rotatable bonds is 30. The largest absolute Gasteiger partial charge is 0.480 e. The number of aliphatic carboxylic acids is 1. The topological polar surface area (TPSA) is 371 Å². The van der Waals surface area contributed by atoms with Gasteiger partial charge >= 0.3 is 5.97 Å². The van der Waals surface area contributed by atoms with Crippen molar-refractivity contribution in [3.8, 4) is 0 Å². The SMILES string of the molecule is CC[C@H](C)[C@H](NC(=O)[C@@H](N)C(C)C)C(=O)N[C@@H](CC(C)C)C(=O)N[C@H](C(=O)N[C@@H](CC(N)=O)C(=O)N1CCC[C@H]1C(=O)N[C@H](C(=O)N[C@@H](CO)C(=O)N[C@@H](CCSC)C(=O)O)[C@@H](C)CC)[C@@H](C)O. The summed E-state index contributed by atoms with van der Waals surface area (Å²) in [5, 5.41) is 47.8. The normalized spacial score (nSPS) is 18.5. The van der Waals surface area contributed by atoms with Crippen LogP contribution in [0.5, 0.6) is 0 Å². The summed E-state index contributed by atoms with van der Waals surface area (Å²) in [5.41, 5.74) is 11.5. The zero-order valence-corrected chi connectivity index (χ0v) is 41.9. The fourth-order valence-corrected chi connectivity index (χ4v) is 7.69. The standard InChI is InChI=1S/C44H78N10O13S/c1-11-23(7)33(41(63)50-29(20-55)37(59)47-26(44(66)67)15-17-68-10)51-38(60)30-14-13-16-54(30)43(65)28(19-31(45)57)49-42(64)35(25(9)56)53-36(58)27(18-21(3)4)48-40(62)34(24(8)12-2)52-39(61)32(46)22(5)6/h21-30,32-35,55-56H,11-20,46H2,1-10H3,(H2,45,57)(H,47,59)(H,48,62)(H,49,64)(H,50,63)(H,51,60)(H,52,61)(H,53,58)(H,66,67)/t23-,24-,25+,26-,27-,28-,29-,30-,32-,33-,34-,35-/m0/s1. The Bertz CT molecular complexity index is 1750. The summed E-state index contributed by atoms with van der Waals surface area (Å²) in [6.45, 7) is 14.3. The fraction of sp³-hybridized carbons (Fsp3) is 0.773. The van der Waals surface area contributed by atoms with Crippen molar-refractivity contribution in [2.24, 2.45) is 35.1 Å². The van der Waals surface area contributed by atoms with Gasteiger partial charge in [0.1, 0.15) is 48.3 Å². The maximum absolute atomic E-state index is 14.2. The van der Waals surface area contributed by atoms with Gasteiger partial charge in [-0.05, 0) is 68.3 Å². The number of nitrogens with zero attached hydrogens (tertiary/aromatic N) is 1. The second-order valence-electron chi connectivity index (χ2n) is 18.3. The van der Waals surface area contributed by atoms with Crippen LogP contribution in [0.15, 0.2) is 0 Å². The monoisotopic (exact) mass is 987 g/mol. The molecule has 12 atom stereocenters. The first-order chi connectivity index (χ1) is 31.8. The molecule has 0 radical (unpaired) electrons. The third kappa shape index (κ3) is 19.1. The molecule has 68 heavy (non-hydrogen) atoms. The summed E-state index contributed by atoms with van der Waals surface area (Å²) in [6.07, 6.45) is 0.777. The molecule has 1 rings (SSSR count). The highest BCUT2D eigenvalue weighted by Gasteiger charge is 2.42. The zero-order chi connectivity index (χ0) is 52.2. The maximum Gasteiger partial charge on any atom is 0.326 e. The van der Waals surface area contributed by atoms with E-state index in [1.807, 2.05) is 6.92 Å². The molecule has 0 aromatic rings. The van der Waals surface area contributed by atoms with Gasteiger partial charge in [0.25, 0.3) is 0 Å². The lowest BCUT2D eigenvalue weighted by atomic mass is 9.95. The van der Waals surface area contributed by atoms with Gasteiger partial charge in [0, 0.05) is 6.54 Å². The molecule has 0 spiro atoms. The predicted molar refractivity (Wildman–Crippen MR) is 253 cm³/mol. The number of thioether (sulfide) groups is 1. The Morgan fingerprint density at radius 3 is 1.63 bits per heavy atom. The Balaban J connectivity index is 3.34. The number of carboxylic acids is 1. The van der Waals surface area contributed by atoms with Crippen LogP contribution in [0, 0.1) is 23.7 Å². The number of carbonyl (C=O) groups excluding carboxylic acids is 9. The number of aliphatic hydroxyl groups excluding tert-OH is 2. The van der Waals surface area contributed by atoms with E-state index in [0.717, 1.165) is 4.90 Å². The molecule has 1 saturated heterocycles. The highest BCUT2D eigenvalue weighted by Crippen LogP contribution is 2.21. The van der Waals surface area contributed by atoms with Crippen LogP contribution in [0.25, 0.3) is 0 Å². The summed E-state index contributed by atoms with van der Waals surface area (Å²) in [5.74, 6) is -10.0. The highest BCUT2D eigenvalue weighted by atomic mass is 32.2. The summed E-state index contributed by atoms with van der Waals surface area (Å²) in [4.78, 5) is 134. The molecule has 0 bridgehead atoms. The number of primary amides is 1. The summed E-state index contributed by atoms with van der Waals surface area (Å²) in [6, 6.07) is -12.1. The van der Waals surface area contributed by atoms with E-state index < -0.39 is 139 Å². The van der Waals surface area contributed by atoms with Gasteiger partial charge in [-0.25, -0.2) is 4.79 Å². The molecular weight excluding hydrogens is 909 g/mol. The molecule has 9 amide bonds. The molecule has 0 saturated carbocycles. The Morgan fingerprint density at radius 2 is 1.16 bits per heavy atom. The summed E-state index contributed by atoms with van der Waals surface area (Å²) in [7, 11) is 0. The van der Waals surface area contributed by atoms with Crippen molar-refractivity contribution in [3.63, 3.8) is 0 Å². The number of amides is 9. The van der Waals surface area contributed by atoms with E-state index in [9.17, 15) is 63.3 Å². The van der Waals surface area contributed by atoms with Crippen molar-refractivity contribution >= 4 is 70.9 Å². The number of hydrogen-bond acceptors (Lipinski definition) is 14. The molecule has 14 N–H and O–H groups in total. The lowest BCUT2D eigenvalue weighted by Crippen LogP contribution is -2.62. The zero-order valence-electron chi connectivity index (χ0n) is 41.1. The van der Waals surface area contributed by atoms with Gasteiger partial charge in [0.05, 0.1) is 25.2 Å². The van der Waals surface area contributed by atoms with Gasteiger partial charge in [0.2, 0.25) is 53.2 Å². The van der Waals surface area contributed by atoms with E-state index in [1.165, 1.54) is 18.7 Å². The summed E-state index contributed by atoms with van der Waals surface area (Å²) >= 11 is 1.36. The molecule has 1 aliphatic rings. The van der Waals surface area contributed by atoms with Crippen LogP contribution in [-0.2, 0) is 47.9 Å². The third-order valence-corrected chi connectivity index (χ3v) is 12.6. The minimum atomic E-state index is -1.74. The number of nitrogens with one attached hydrogen (secondary N) is 7. The van der Waals surface area contributed by atoms with Crippen molar-refractivity contribution in [1.82, 2.24) is 42.1 Å². The quantitative estimate of drug-likeness (QED) is 0.0356. The molecule has 24 heteroatoms. The van der Waals surface area contributed by atoms with E-state index in [1.54, 1.807) is 54.7 Å². The van der Waals surface area contributed by atoms with Crippen molar-refractivity contribution in [2.45, 2.75) is 168 Å². The van der Waals surface area contributed by atoms with Crippen LogP contribution in [0.2, 0.25) is 0 Å². The van der Waals surface area contributed by atoms with Gasteiger partial charge in [0.15, 0.2) is 0 Å². The van der Waals surface area contributed by atoms with Crippen LogP contribution in [0.4, 0.5) is 0 Å². The number of likely N-dealkylation sites (tertiary alicyclic amines) is 1. The van der Waals surface area contributed by atoms with Gasteiger partial charge in [-0.15, -0.1) is 0 Å². The van der Waals surface area contributed by atoms with Gasteiger partial charge in [-0.2, -0.15) is 11.8 Å². The van der Waals surface area contributed by atoms with Crippen molar-refractivity contribution < 1.29 is 63.3 Å². The predicted octanol–water partition coefficient (Wildman–Crippen LogP) is -2.42. The highest BCUT2D eigenvalue weighted by molar-refractivity contribution is 7.98. The van der Waals surface area contributed by atoms with E-state index in [0.29, 0.717) is 18.6 Å². The number of hydrogen-bond donors (Lipinski definition) is 12. The van der Waals surface area contributed by atoms with E-state index in [4.69, 9.17) is 11.5 Å². The van der Waals surface area contributed by atoms with Crippen molar-refractivity contribution in [2.75, 3.05) is 25.2 Å². The first-order valence-electron chi connectivity index (χ1n) is 23.2. The van der Waals surface area contributed by atoms with E-state index in [-0.39, 0.29) is 50.0 Å². The number of carboxylic acid groups (broad SMARTS) is 1. The first-order valence-corrected chi connectivity index (χ1v) is 24.6. The Hall–Kier alpha value is -5.07. The Morgan fingerprint density at radius 1 is 0.676 bits per heavy atom. The van der Waals surface area contributed by atoms with Crippen LogP contribution < -0.4 is 48.7 Å². The van der Waals surface area contributed by atoms with Crippen LogP contribution in [0.3, 0.4) is 0 Å².